The third-order valence-corrected chi connectivity index (χ3v) is 8.77. The van der Waals surface area contributed by atoms with Crippen molar-refractivity contribution in [3.05, 3.63) is 24.0 Å². The van der Waals surface area contributed by atoms with E-state index in [1.165, 1.54) is 37.8 Å². The van der Waals surface area contributed by atoms with Crippen molar-refractivity contribution < 1.29 is 9.59 Å². The molecular weight excluding hydrogens is 386 g/mol. The second-order valence-corrected chi connectivity index (χ2v) is 11.1. The van der Waals surface area contributed by atoms with Gasteiger partial charge >= 0.3 is 0 Å². The number of aromatic nitrogens is 1. The van der Waals surface area contributed by atoms with Gasteiger partial charge in [0.05, 0.1) is 6.04 Å². The highest BCUT2D eigenvalue weighted by Gasteiger charge is 2.54. The molecule has 6 rings (SSSR count). The Labute approximate surface area is 186 Å². The fraction of sp³-hybridized carbons (Fsp3) is 0.769. The van der Waals surface area contributed by atoms with Gasteiger partial charge in [-0.05, 0) is 87.7 Å². The average Bonchev–Trinajstić information content (AvgIpc) is 3.01. The minimum atomic E-state index is -0.0822. The standard InChI is InChI=1S/C26H39N3O2/c1-28-11-6-8-22(28)23-7-3-2-4-12-29(23)24(30)9-5-10-27-25(31)26-16-19-13-20(17-26)15-21(14-19)18-26/h6,8,11,19-21,23H,2-5,7,9-10,12-18H2,1H3,(H,27,31). The molecule has 1 saturated heterocycles. The first-order chi connectivity index (χ1) is 15.0. The Hall–Kier alpha value is -1.78. The quantitative estimate of drug-likeness (QED) is 0.678. The van der Waals surface area contributed by atoms with Gasteiger partial charge in [-0.15, -0.1) is 0 Å². The molecule has 1 unspecified atom stereocenters. The Bertz CT molecular complexity index is 778. The Morgan fingerprint density at radius 2 is 1.77 bits per heavy atom. The van der Waals surface area contributed by atoms with E-state index in [0.29, 0.717) is 13.0 Å². The van der Waals surface area contributed by atoms with E-state index < -0.39 is 0 Å². The predicted molar refractivity (Wildman–Crippen MR) is 121 cm³/mol. The summed E-state index contributed by atoms with van der Waals surface area (Å²) < 4.78 is 2.15. The maximum Gasteiger partial charge on any atom is 0.226 e. The molecule has 0 radical (unpaired) electrons. The normalized spacial score (nSPS) is 34.5. The number of nitrogens with zero attached hydrogens (tertiary/aromatic N) is 2. The van der Waals surface area contributed by atoms with Gasteiger partial charge in [0, 0.05) is 43.9 Å². The SMILES string of the molecule is Cn1cccc1C1CCCCCN1C(=O)CCCNC(=O)C12CC3CC(CC(C3)C1)C2. The van der Waals surface area contributed by atoms with Crippen LogP contribution in [-0.4, -0.2) is 34.4 Å². The highest BCUT2D eigenvalue weighted by molar-refractivity contribution is 5.83. The Morgan fingerprint density at radius 1 is 1.06 bits per heavy atom. The summed E-state index contributed by atoms with van der Waals surface area (Å²) in [6, 6.07) is 4.42. The van der Waals surface area contributed by atoms with Gasteiger partial charge in [-0.3, -0.25) is 9.59 Å². The zero-order valence-corrected chi connectivity index (χ0v) is 19.2. The lowest BCUT2D eigenvalue weighted by Gasteiger charge is -2.55. The topological polar surface area (TPSA) is 54.3 Å². The van der Waals surface area contributed by atoms with Crippen LogP contribution in [0.1, 0.15) is 88.8 Å². The summed E-state index contributed by atoms with van der Waals surface area (Å²) in [5, 5.41) is 3.24. The molecule has 0 spiro atoms. The molecule has 1 atom stereocenters. The largest absolute Gasteiger partial charge is 0.356 e. The maximum atomic E-state index is 13.1. The predicted octanol–water partition coefficient (Wildman–Crippen LogP) is 4.58. The number of hydrogen-bond acceptors (Lipinski definition) is 2. The van der Waals surface area contributed by atoms with Crippen LogP contribution in [0, 0.1) is 23.2 Å². The van der Waals surface area contributed by atoms with E-state index in [0.717, 1.165) is 62.8 Å². The summed E-state index contributed by atoms with van der Waals surface area (Å²) in [5.74, 6) is 2.90. The van der Waals surface area contributed by atoms with E-state index in [-0.39, 0.29) is 23.3 Å². The molecule has 5 heteroatoms. The number of rotatable bonds is 6. The lowest BCUT2D eigenvalue weighted by Crippen LogP contribution is -2.53. The Balaban J connectivity index is 1.13. The van der Waals surface area contributed by atoms with Crippen molar-refractivity contribution in [1.29, 1.82) is 0 Å². The van der Waals surface area contributed by atoms with E-state index in [9.17, 15) is 9.59 Å². The number of likely N-dealkylation sites (tertiary alicyclic amines) is 1. The molecule has 4 aliphatic carbocycles. The zero-order chi connectivity index (χ0) is 21.4. The number of amides is 2. The van der Waals surface area contributed by atoms with E-state index >= 15 is 0 Å². The smallest absolute Gasteiger partial charge is 0.226 e. The van der Waals surface area contributed by atoms with Crippen molar-refractivity contribution in [3.63, 3.8) is 0 Å². The van der Waals surface area contributed by atoms with Crippen LogP contribution in [0.2, 0.25) is 0 Å². The van der Waals surface area contributed by atoms with Gasteiger partial charge in [-0.1, -0.05) is 12.8 Å². The number of carbonyl (C=O) groups is 2. The summed E-state index contributed by atoms with van der Waals surface area (Å²) >= 11 is 0. The molecular formula is C26H39N3O2. The lowest BCUT2D eigenvalue weighted by molar-refractivity contribution is -0.146. The van der Waals surface area contributed by atoms with Gasteiger partial charge < -0.3 is 14.8 Å². The number of carbonyl (C=O) groups excluding carboxylic acids is 2. The summed E-state index contributed by atoms with van der Waals surface area (Å²) in [4.78, 5) is 28.4. The summed E-state index contributed by atoms with van der Waals surface area (Å²) in [6.07, 6.45) is 15.3. The molecule has 4 saturated carbocycles. The monoisotopic (exact) mass is 425 g/mol. The summed E-state index contributed by atoms with van der Waals surface area (Å²) in [7, 11) is 2.07. The maximum absolute atomic E-state index is 13.1. The Kier molecular flexibility index (Phi) is 5.87. The van der Waals surface area contributed by atoms with Gasteiger partial charge in [0.1, 0.15) is 0 Å². The summed E-state index contributed by atoms with van der Waals surface area (Å²) in [5.41, 5.74) is 1.16. The van der Waals surface area contributed by atoms with Gasteiger partial charge in [0.2, 0.25) is 11.8 Å². The fourth-order valence-corrected chi connectivity index (χ4v) is 7.70. The van der Waals surface area contributed by atoms with Crippen LogP contribution < -0.4 is 5.32 Å². The molecule has 4 bridgehead atoms. The van der Waals surface area contributed by atoms with Crippen molar-refractivity contribution in [2.75, 3.05) is 13.1 Å². The lowest BCUT2D eigenvalue weighted by atomic mass is 9.49. The minimum absolute atomic E-state index is 0.0822. The zero-order valence-electron chi connectivity index (χ0n) is 19.2. The second kappa shape index (κ2) is 8.63. The van der Waals surface area contributed by atoms with Gasteiger partial charge in [0.25, 0.3) is 0 Å². The third-order valence-electron chi connectivity index (χ3n) is 8.77. The van der Waals surface area contributed by atoms with Gasteiger partial charge in [0.15, 0.2) is 0 Å². The molecule has 1 N–H and O–H groups in total. The molecule has 2 amide bonds. The van der Waals surface area contributed by atoms with Crippen molar-refractivity contribution in [1.82, 2.24) is 14.8 Å². The minimum Gasteiger partial charge on any atom is -0.356 e. The van der Waals surface area contributed by atoms with E-state index in [4.69, 9.17) is 0 Å². The molecule has 31 heavy (non-hydrogen) atoms. The molecule has 5 aliphatic rings. The third kappa shape index (κ3) is 4.17. The molecule has 0 aromatic carbocycles. The molecule has 5 nitrogen and oxygen atoms in total. The first-order valence-electron chi connectivity index (χ1n) is 12.7. The van der Waals surface area contributed by atoms with Crippen LogP contribution in [0.15, 0.2) is 18.3 Å². The summed E-state index contributed by atoms with van der Waals surface area (Å²) in [6.45, 7) is 1.49. The highest BCUT2D eigenvalue weighted by Crippen LogP contribution is 2.60. The van der Waals surface area contributed by atoms with Crippen LogP contribution >= 0.6 is 0 Å². The highest BCUT2D eigenvalue weighted by atomic mass is 16.2. The number of aryl methyl sites for hydroxylation is 1. The van der Waals surface area contributed by atoms with E-state index in [1.807, 2.05) is 0 Å². The van der Waals surface area contributed by atoms with Gasteiger partial charge in [-0.2, -0.15) is 0 Å². The molecule has 5 fully saturated rings. The molecule has 2 heterocycles. The average molecular weight is 426 g/mol. The second-order valence-electron chi connectivity index (χ2n) is 11.1. The molecule has 1 aromatic rings. The number of hydrogen-bond donors (Lipinski definition) is 1. The van der Waals surface area contributed by atoms with Crippen molar-refractivity contribution in [2.45, 2.75) is 83.1 Å². The van der Waals surface area contributed by atoms with Crippen LogP contribution in [0.25, 0.3) is 0 Å². The van der Waals surface area contributed by atoms with Crippen LogP contribution in [0.5, 0.6) is 0 Å². The molecule has 170 valence electrons. The van der Waals surface area contributed by atoms with Crippen LogP contribution in [0.3, 0.4) is 0 Å². The van der Waals surface area contributed by atoms with Crippen molar-refractivity contribution in [3.8, 4) is 0 Å². The van der Waals surface area contributed by atoms with E-state index in [2.05, 4.69) is 40.2 Å². The first-order valence-corrected chi connectivity index (χ1v) is 12.7. The van der Waals surface area contributed by atoms with Crippen molar-refractivity contribution >= 4 is 11.8 Å². The van der Waals surface area contributed by atoms with Gasteiger partial charge in [-0.25, -0.2) is 0 Å². The first kappa shape index (κ1) is 21.1. The molecule has 1 aromatic heterocycles. The Morgan fingerprint density at radius 3 is 2.42 bits per heavy atom. The number of nitrogens with one attached hydrogen (secondary N) is 1. The van der Waals surface area contributed by atoms with Crippen LogP contribution in [-0.2, 0) is 16.6 Å². The van der Waals surface area contributed by atoms with E-state index in [1.54, 1.807) is 0 Å². The van der Waals surface area contributed by atoms with Crippen LogP contribution in [0.4, 0.5) is 0 Å². The van der Waals surface area contributed by atoms with Crippen molar-refractivity contribution in [2.24, 2.45) is 30.2 Å². The fourth-order valence-electron chi connectivity index (χ4n) is 7.70. The molecule has 1 aliphatic heterocycles.